The zero-order chi connectivity index (χ0) is 11.6. The maximum Gasteiger partial charge on any atom is 0.147 e. The molecular formula is C11H17N5. The van der Waals surface area contributed by atoms with E-state index in [4.69, 9.17) is 11.1 Å². The molecule has 2 heterocycles. The number of anilines is 1. The summed E-state index contributed by atoms with van der Waals surface area (Å²) in [7, 11) is 0. The van der Waals surface area contributed by atoms with E-state index < -0.39 is 0 Å². The van der Waals surface area contributed by atoms with Crippen molar-refractivity contribution in [1.82, 2.24) is 9.97 Å². The van der Waals surface area contributed by atoms with Crippen LogP contribution < -0.4 is 10.6 Å². The Labute approximate surface area is 95.2 Å². The monoisotopic (exact) mass is 219 g/mol. The summed E-state index contributed by atoms with van der Waals surface area (Å²) in [5, 5.41) is 7.59. The van der Waals surface area contributed by atoms with E-state index in [1.807, 2.05) is 0 Å². The van der Waals surface area contributed by atoms with Crippen molar-refractivity contribution < 1.29 is 0 Å². The van der Waals surface area contributed by atoms with Gasteiger partial charge < -0.3 is 10.6 Å². The van der Waals surface area contributed by atoms with Crippen LogP contribution in [0.4, 0.5) is 5.82 Å². The summed E-state index contributed by atoms with van der Waals surface area (Å²) in [6.45, 7) is 3.83. The number of rotatable bonds is 2. The molecule has 1 aliphatic rings. The molecule has 16 heavy (non-hydrogen) atoms. The Balaban J connectivity index is 2.03. The van der Waals surface area contributed by atoms with Gasteiger partial charge in [0.2, 0.25) is 0 Å². The highest BCUT2D eigenvalue weighted by molar-refractivity contribution is 5.83. The van der Waals surface area contributed by atoms with E-state index in [0.717, 1.165) is 31.7 Å². The molecule has 0 aromatic carbocycles. The number of nitrogens with two attached hydrogens (primary N) is 1. The van der Waals surface area contributed by atoms with Crippen LogP contribution in [-0.4, -0.2) is 28.9 Å². The number of hydrogen-bond donors (Lipinski definition) is 2. The van der Waals surface area contributed by atoms with Gasteiger partial charge in [-0.25, -0.2) is 4.98 Å². The van der Waals surface area contributed by atoms with Crippen molar-refractivity contribution in [1.29, 1.82) is 5.41 Å². The molecule has 0 bridgehead atoms. The van der Waals surface area contributed by atoms with E-state index in [2.05, 4.69) is 21.8 Å². The Morgan fingerprint density at radius 3 is 2.62 bits per heavy atom. The smallest absolute Gasteiger partial charge is 0.147 e. The SMILES string of the molecule is CC1(C(=N)N)CCN(c2cnccn2)CC1. The lowest BCUT2D eigenvalue weighted by atomic mass is 9.79. The first kappa shape index (κ1) is 10.9. The third kappa shape index (κ3) is 1.98. The molecule has 0 spiro atoms. The first-order valence-corrected chi connectivity index (χ1v) is 5.47. The third-order valence-electron chi connectivity index (χ3n) is 3.39. The lowest BCUT2D eigenvalue weighted by Gasteiger charge is -2.38. The highest BCUT2D eigenvalue weighted by atomic mass is 15.2. The average molecular weight is 219 g/mol. The van der Waals surface area contributed by atoms with E-state index in [1.54, 1.807) is 18.6 Å². The molecule has 0 radical (unpaired) electrons. The number of nitrogens with zero attached hydrogens (tertiary/aromatic N) is 3. The molecule has 0 saturated carbocycles. The Hall–Kier alpha value is -1.65. The van der Waals surface area contributed by atoms with Crippen molar-refractivity contribution in [2.45, 2.75) is 19.8 Å². The summed E-state index contributed by atoms with van der Waals surface area (Å²) in [5.74, 6) is 1.21. The standard InChI is InChI=1S/C11H17N5/c1-11(10(12)13)2-6-16(7-3-11)9-8-14-4-5-15-9/h4-5,8H,2-3,6-7H2,1H3,(H3,12,13). The molecule has 1 saturated heterocycles. The van der Waals surface area contributed by atoms with Gasteiger partial charge in [0.15, 0.2) is 0 Å². The van der Waals surface area contributed by atoms with Gasteiger partial charge in [-0.1, -0.05) is 6.92 Å². The van der Waals surface area contributed by atoms with Crippen LogP contribution in [0.25, 0.3) is 0 Å². The van der Waals surface area contributed by atoms with Crippen molar-refractivity contribution in [3.8, 4) is 0 Å². The first-order chi connectivity index (χ1) is 7.62. The fourth-order valence-corrected chi connectivity index (χ4v) is 1.95. The summed E-state index contributed by atoms with van der Waals surface area (Å²) in [5.41, 5.74) is 5.48. The molecule has 5 heteroatoms. The molecule has 2 rings (SSSR count). The number of hydrogen-bond acceptors (Lipinski definition) is 4. The predicted octanol–water partition coefficient (Wildman–Crippen LogP) is 1.02. The maximum atomic E-state index is 7.59. The minimum Gasteiger partial charge on any atom is -0.387 e. The van der Waals surface area contributed by atoms with Crippen molar-refractivity contribution >= 4 is 11.7 Å². The fourth-order valence-electron chi connectivity index (χ4n) is 1.95. The molecule has 1 aromatic rings. The highest BCUT2D eigenvalue weighted by Gasteiger charge is 2.33. The molecule has 5 nitrogen and oxygen atoms in total. The molecule has 0 aliphatic carbocycles. The number of amidine groups is 1. The van der Waals surface area contributed by atoms with Crippen LogP contribution in [0.2, 0.25) is 0 Å². The van der Waals surface area contributed by atoms with Crippen LogP contribution in [0.5, 0.6) is 0 Å². The van der Waals surface area contributed by atoms with Crippen LogP contribution in [0.15, 0.2) is 18.6 Å². The molecule has 0 atom stereocenters. The maximum absolute atomic E-state index is 7.59. The lowest BCUT2D eigenvalue weighted by molar-refractivity contribution is 0.350. The summed E-state index contributed by atoms with van der Waals surface area (Å²) in [4.78, 5) is 10.5. The van der Waals surface area contributed by atoms with Gasteiger partial charge in [0.1, 0.15) is 5.82 Å². The molecule has 1 aliphatic heterocycles. The summed E-state index contributed by atoms with van der Waals surface area (Å²) >= 11 is 0. The van der Waals surface area contributed by atoms with Gasteiger partial charge in [-0.3, -0.25) is 10.4 Å². The number of aromatic nitrogens is 2. The van der Waals surface area contributed by atoms with E-state index in [-0.39, 0.29) is 5.41 Å². The Morgan fingerprint density at radius 2 is 2.12 bits per heavy atom. The molecule has 0 unspecified atom stereocenters. The van der Waals surface area contributed by atoms with Gasteiger partial charge in [0.25, 0.3) is 0 Å². The Morgan fingerprint density at radius 1 is 1.44 bits per heavy atom. The average Bonchev–Trinajstić information content (AvgIpc) is 2.31. The lowest BCUT2D eigenvalue weighted by Crippen LogP contribution is -2.45. The summed E-state index contributed by atoms with van der Waals surface area (Å²) in [6.07, 6.45) is 6.95. The fraction of sp³-hybridized carbons (Fsp3) is 0.545. The summed E-state index contributed by atoms with van der Waals surface area (Å²) in [6, 6.07) is 0. The van der Waals surface area contributed by atoms with Crippen molar-refractivity contribution in [2.24, 2.45) is 11.1 Å². The second-order valence-electron chi connectivity index (χ2n) is 4.52. The first-order valence-electron chi connectivity index (χ1n) is 5.47. The van der Waals surface area contributed by atoms with E-state index >= 15 is 0 Å². The van der Waals surface area contributed by atoms with Crippen LogP contribution >= 0.6 is 0 Å². The van der Waals surface area contributed by atoms with Crippen molar-refractivity contribution in [3.63, 3.8) is 0 Å². The summed E-state index contributed by atoms with van der Waals surface area (Å²) < 4.78 is 0. The van der Waals surface area contributed by atoms with Gasteiger partial charge >= 0.3 is 0 Å². The third-order valence-corrected chi connectivity index (χ3v) is 3.39. The predicted molar refractivity (Wildman–Crippen MR) is 63.5 cm³/mol. The van der Waals surface area contributed by atoms with E-state index in [1.165, 1.54) is 0 Å². The largest absolute Gasteiger partial charge is 0.387 e. The quantitative estimate of drug-likeness (QED) is 0.575. The zero-order valence-electron chi connectivity index (χ0n) is 9.48. The van der Waals surface area contributed by atoms with Crippen LogP contribution in [-0.2, 0) is 0 Å². The van der Waals surface area contributed by atoms with Gasteiger partial charge in [-0.15, -0.1) is 0 Å². The van der Waals surface area contributed by atoms with Crippen LogP contribution in [0, 0.1) is 10.8 Å². The van der Waals surface area contributed by atoms with E-state index in [0.29, 0.717) is 5.84 Å². The molecule has 86 valence electrons. The molecule has 3 N–H and O–H groups in total. The van der Waals surface area contributed by atoms with Gasteiger partial charge in [0.05, 0.1) is 12.0 Å². The zero-order valence-corrected chi connectivity index (χ0v) is 9.48. The van der Waals surface area contributed by atoms with Gasteiger partial charge in [-0.05, 0) is 12.8 Å². The molecule has 1 aromatic heterocycles. The topological polar surface area (TPSA) is 78.9 Å². The minimum atomic E-state index is -0.140. The van der Waals surface area contributed by atoms with Crippen molar-refractivity contribution in [3.05, 3.63) is 18.6 Å². The van der Waals surface area contributed by atoms with Crippen molar-refractivity contribution in [2.75, 3.05) is 18.0 Å². The highest BCUT2D eigenvalue weighted by Crippen LogP contribution is 2.31. The molecular weight excluding hydrogens is 202 g/mol. The number of nitrogens with one attached hydrogen (secondary N) is 1. The molecule has 0 amide bonds. The normalized spacial score (nSPS) is 19.4. The minimum absolute atomic E-state index is 0.140. The Kier molecular flexibility index (Phi) is 2.77. The van der Waals surface area contributed by atoms with Crippen LogP contribution in [0.3, 0.4) is 0 Å². The van der Waals surface area contributed by atoms with E-state index in [9.17, 15) is 0 Å². The van der Waals surface area contributed by atoms with Crippen LogP contribution in [0.1, 0.15) is 19.8 Å². The van der Waals surface area contributed by atoms with Gasteiger partial charge in [-0.2, -0.15) is 0 Å². The second kappa shape index (κ2) is 4.08. The van der Waals surface area contributed by atoms with Gasteiger partial charge in [0, 0.05) is 30.9 Å². The Bertz CT molecular complexity index is 367. The second-order valence-corrected chi connectivity index (χ2v) is 4.52. The molecule has 1 fully saturated rings. The number of piperidine rings is 1.